The van der Waals surface area contributed by atoms with Crippen molar-refractivity contribution >= 4 is 6.08 Å². The molecule has 3 rings (SSSR count). The minimum Gasteiger partial charge on any atom is -0.390 e. The van der Waals surface area contributed by atoms with Gasteiger partial charge in [0.1, 0.15) is 12.6 Å². The number of rotatable bonds is 8. The predicted molar refractivity (Wildman–Crippen MR) is 132 cm³/mol. The number of aromatic nitrogens is 3. The molecule has 0 fully saturated rings. The first-order valence-electron chi connectivity index (χ1n) is 11.7. The third-order valence-corrected chi connectivity index (χ3v) is 5.17. The van der Waals surface area contributed by atoms with Crippen LogP contribution in [0, 0.1) is 0 Å². The Morgan fingerprint density at radius 1 is 1.34 bits per heavy atom. The van der Waals surface area contributed by atoms with Crippen molar-refractivity contribution < 1.29 is 9.84 Å². The molecule has 0 saturated heterocycles. The van der Waals surface area contributed by atoms with Crippen molar-refractivity contribution in [1.29, 1.82) is 0 Å². The molecule has 32 heavy (non-hydrogen) atoms. The van der Waals surface area contributed by atoms with Gasteiger partial charge in [0, 0.05) is 19.3 Å². The van der Waals surface area contributed by atoms with Crippen LogP contribution < -0.4 is 5.32 Å². The molecule has 7 nitrogen and oxygen atoms in total. The number of hydrogen-bond acceptors (Lipinski definition) is 6. The molecule has 0 bridgehead atoms. The summed E-state index contributed by atoms with van der Waals surface area (Å²) >= 11 is 0. The lowest BCUT2D eigenvalue weighted by Crippen LogP contribution is -2.29. The maximum Gasteiger partial charge on any atom is 0.134 e. The number of ether oxygens (including phenoxy) is 1. The van der Waals surface area contributed by atoms with Gasteiger partial charge in [-0.3, -0.25) is 9.88 Å². The van der Waals surface area contributed by atoms with Gasteiger partial charge in [-0.1, -0.05) is 26.0 Å². The average Bonchev–Trinajstić information content (AvgIpc) is 3.14. The van der Waals surface area contributed by atoms with Crippen LogP contribution in [0.5, 0.6) is 0 Å². The van der Waals surface area contributed by atoms with E-state index in [1.54, 1.807) is 0 Å². The normalized spacial score (nSPS) is 15.1. The van der Waals surface area contributed by atoms with Gasteiger partial charge >= 0.3 is 0 Å². The molecule has 0 amide bonds. The number of aryl methyl sites for hydroxylation is 1. The predicted octanol–water partition coefficient (Wildman–Crippen LogP) is 4.17. The highest BCUT2D eigenvalue weighted by atomic mass is 16.5. The minimum atomic E-state index is -0.0553. The van der Waals surface area contributed by atoms with Crippen LogP contribution in [0.15, 0.2) is 24.4 Å². The van der Waals surface area contributed by atoms with Crippen LogP contribution in [0.25, 0.3) is 6.08 Å². The van der Waals surface area contributed by atoms with Crippen LogP contribution >= 0.6 is 0 Å². The Morgan fingerprint density at radius 3 is 2.69 bits per heavy atom. The molecule has 0 unspecified atom stereocenters. The fraction of sp³-hybridized carbons (Fsp3) is 0.600. The van der Waals surface area contributed by atoms with Gasteiger partial charge < -0.3 is 19.7 Å². The van der Waals surface area contributed by atoms with E-state index in [-0.39, 0.29) is 12.6 Å². The molecule has 0 radical (unpaired) electrons. The molecule has 0 aromatic carbocycles. The zero-order valence-corrected chi connectivity index (χ0v) is 21.1. The lowest BCUT2D eigenvalue weighted by molar-refractivity contribution is 0.0820. The van der Waals surface area contributed by atoms with Crippen LogP contribution in [-0.2, 0) is 31.0 Å². The molecule has 1 aliphatic carbocycles. The number of hydrogen-bond donors (Lipinski definition) is 2. The van der Waals surface area contributed by atoms with E-state index in [4.69, 9.17) is 9.72 Å². The Morgan fingerprint density at radius 2 is 2.06 bits per heavy atom. The monoisotopic (exact) mass is 445 g/mol. The second-order valence-corrected chi connectivity index (χ2v) is 7.44. The molecule has 0 aliphatic heterocycles. The summed E-state index contributed by atoms with van der Waals surface area (Å²) in [5.74, 6) is 0.820. The van der Waals surface area contributed by atoms with Gasteiger partial charge in [-0.25, -0.2) is 4.98 Å². The molecule has 2 N–H and O–H groups in total. The SMILES string of the molecule is C/C=C\c1nc(CN(C)[C@H]2CCCc3cccnc32)c(CO)n1COCC.CC.CNC. The van der Waals surface area contributed by atoms with Crippen molar-refractivity contribution in [1.82, 2.24) is 24.8 Å². The van der Waals surface area contributed by atoms with Crippen molar-refractivity contribution in [2.45, 2.75) is 72.9 Å². The van der Waals surface area contributed by atoms with E-state index in [0.717, 1.165) is 30.1 Å². The Labute approximate surface area is 194 Å². The Balaban J connectivity index is 0.000000944. The summed E-state index contributed by atoms with van der Waals surface area (Å²) in [6.45, 7) is 9.57. The third-order valence-electron chi connectivity index (χ3n) is 5.17. The van der Waals surface area contributed by atoms with E-state index in [2.05, 4.69) is 28.3 Å². The van der Waals surface area contributed by atoms with Crippen molar-refractivity contribution in [3.63, 3.8) is 0 Å². The van der Waals surface area contributed by atoms with Crippen molar-refractivity contribution in [3.05, 3.63) is 52.9 Å². The summed E-state index contributed by atoms with van der Waals surface area (Å²) in [7, 11) is 5.87. The van der Waals surface area contributed by atoms with Gasteiger partial charge in [-0.2, -0.15) is 0 Å². The molecule has 1 aliphatic rings. The topological polar surface area (TPSA) is 75.4 Å². The maximum atomic E-state index is 9.99. The van der Waals surface area contributed by atoms with E-state index in [9.17, 15) is 5.11 Å². The summed E-state index contributed by atoms with van der Waals surface area (Å²) < 4.78 is 7.54. The summed E-state index contributed by atoms with van der Waals surface area (Å²) in [5, 5.41) is 12.7. The number of nitrogens with zero attached hydrogens (tertiary/aromatic N) is 4. The van der Waals surface area contributed by atoms with Gasteiger partial charge in [0.25, 0.3) is 0 Å². The Kier molecular flexibility index (Phi) is 13.7. The number of aliphatic hydroxyl groups is 1. The highest BCUT2D eigenvalue weighted by molar-refractivity contribution is 5.42. The number of aliphatic hydroxyl groups excluding tert-OH is 1. The molecule has 2 aromatic rings. The minimum absolute atomic E-state index is 0.0553. The fourth-order valence-corrected chi connectivity index (χ4v) is 3.82. The maximum absolute atomic E-state index is 9.99. The molecule has 180 valence electrons. The zero-order chi connectivity index (χ0) is 23.9. The van der Waals surface area contributed by atoms with E-state index < -0.39 is 0 Å². The number of nitrogens with one attached hydrogen (secondary N) is 1. The van der Waals surface area contributed by atoms with E-state index in [0.29, 0.717) is 19.9 Å². The van der Waals surface area contributed by atoms with Crippen LogP contribution in [0.1, 0.15) is 75.0 Å². The lowest BCUT2D eigenvalue weighted by atomic mass is 9.91. The highest BCUT2D eigenvalue weighted by Gasteiger charge is 2.26. The number of pyridine rings is 1. The number of fused-ring (bicyclic) bond motifs is 1. The quantitative estimate of drug-likeness (QED) is 0.635. The van der Waals surface area contributed by atoms with E-state index >= 15 is 0 Å². The van der Waals surface area contributed by atoms with Crippen molar-refractivity contribution in [2.75, 3.05) is 27.7 Å². The zero-order valence-electron chi connectivity index (χ0n) is 21.1. The first kappa shape index (κ1) is 28.0. The second kappa shape index (κ2) is 15.7. The summed E-state index contributed by atoms with van der Waals surface area (Å²) in [4.78, 5) is 11.7. The lowest BCUT2D eigenvalue weighted by Gasteiger charge is -2.32. The van der Waals surface area contributed by atoms with E-state index in [1.807, 2.05) is 70.8 Å². The van der Waals surface area contributed by atoms with Crippen molar-refractivity contribution in [2.24, 2.45) is 0 Å². The highest BCUT2D eigenvalue weighted by Crippen LogP contribution is 2.33. The first-order chi connectivity index (χ1) is 15.6. The van der Waals surface area contributed by atoms with Crippen LogP contribution in [-0.4, -0.2) is 52.3 Å². The molecule has 0 spiro atoms. The van der Waals surface area contributed by atoms with Gasteiger partial charge in [0.15, 0.2) is 0 Å². The van der Waals surface area contributed by atoms with Crippen LogP contribution in [0.3, 0.4) is 0 Å². The van der Waals surface area contributed by atoms with E-state index in [1.165, 1.54) is 17.7 Å². The second-order valence-electron chi connectivity index (χ2n) is 7.44. The summed E-state index contributed by atoms with van der Waals surface area (Å²) in [6, 6.07) is 4.48. The molecular weight excluding hydrogens is 402 g/mol. The van der Waals surface area contributed by atoms with Crippen LogP contribution in [0.4, 0.5) is 0 Å². The standard InChI is InChI=1S/C21H30N4O2.C2H7N.C2H6/c1-4-8-20-23-17(19(14-26)25(20)15-27-5-2)13-24(3)18-11-6-9-16-10-7-12-22-21(16)18;1-3-2;1-2/h4,7-8,10,12,18,26H,5-6,9,11,13-15H2,1-3H3;3H,1-2H3;1-2H3/b8-4-;;/t18-;;/m0../s1. The number of allylic oxidation sites excluding steroid dienone is 1. The third kappa shape index (κ3) is 7.52. The largest absolute Gasteiger partial charge is 0.390 e. The summed E-state index contributed by atoms with van der Waals surface area (Å²) in [5.41, 5.74) is 4.25. The first-order valence-corrected chi connectivity index (χ1v) is 11.7. The van der Waals surface area contributed by atoms with Gasteiger partial charge in [-0.15, -0.1) is 0 Å². The molecule has 2 aromatic heterocycles. The smallest absolute Gasteiger partial charge is 0.134 e. The fourth-order valence-electron chi connectivity index (χ4n) is 3.82. The Hall–Kier alpha value is -2.06. The molecule has 0 saturated carbocycles. The van der Waals surface area contributed by atoms with Gasteiger partial charge in [0.05, 0.1) is 29.7 Å². The summed E-state index contributed by atoms with van der Waals surface area (Å²) in [6.07, 6.45) is 9.16. The van der Waals surface area contributed by atoms with Gasteiger partial charge in [0.2, 0.25) is 0 Å². The van der Waals surface area contributed by atoms with Crippen molar-refractivity contribution in [3.8, 4) is 0 Å². The molecule has 7 heteroatoms. The number of imidazole rings is 1. The molecular formula is C25H43N5O2. The van der Waals surface area contributed by atoms with Gasteiger partial charge in [-0.05, 0) is 72.0 Å². The van der Waals surface area contributed by atoms with Crippen LogP contribution in [0.2, 0.25) is 0 Å². The average molecular weight is 446 g/mol. The molecule has 1 atom stereocenters. The molecule has 2 heterocycles. The Bertz CT molecular complexity index is 804.